The molecule has 2 N–H and O–H groups in total. The third-order valence-electron chi connectivity index (χ3n) is 2.29. The van der Waals surface area contributed by atoms with Crippen LogP contribution in [0.15, 0.2) is 58.3 Å². The number of aromatic hydroxyl groups is 2. The zero-order chi connectivity index (χ0) is 14.5. The van der Waals surface area contributed by atoms with Gasteiger partial charge in [0.15, 0.2) is 0 Å². The van der Waals surface area contributed by atoms with E-state index in [9.17, 15) is 8.42 Å². The van der Waals surface area contributed by atoms with Gasteiger partial charge in [-0.05, 0) is 48.5 Å². The number of hydrogen-bond acceptors (Lipinski definition) is 5. The Hall–Kier alpha value is -1.34. The van der Waals surface area contributed by atoms with Gasteiger partial charge < -0.3 is 15.0 Å². The van der Waals surface area contributed by atoms with Crippen LogP contribution in [0.2, 0.25) is 0 Å². The number of carbonyl (C=O) groups is 1. The Balaban J connectivity index is 0.00000115. The van der Waals surface area contributed by atoms with Gasteiger partial charge in [0.2, 0.25) is 9.84 Å². The van der Waals surface area contributed by atoms with E-state index in [4.69, 9.17) is 15.0 Å². The molecule has 0 spiro atoms. The average molecular weight is 303 g/mol. The quantitative estimate of drug-likeness (QED) is 0.817. The first-order valence-corrected chi connectivity index (χ1v) is 6.60. The Morgan fingerprint density at radius 2 is 0.950 bits per heavy atom. The molecule has 0 heterocycles. The molecule has 2 aromatic rings. The van der Waals surface area contributed by atoms with Crippen LogP contribution in [0.25, 0.3) is 0 Å². The normalized spacial score (nSPS) is 9.80. The summed E-state index contributed by atoms with van der Waals surface area (Å²) in [4.78, 5) is 8.20. The topological polar surface area (TPSA) is 91.7 Å². The average Bonchev–Trinajstić information content (AvgIpc) is 2.42. The second-order valence-corrected chi connectivity index (χ2v) is 5.44. The Labute approximate surface area is 139 Å². The zero-order valence-corrected chi connectivity index (χ0v) is 13.7. The standard InChI is InChI=1S/C12H10O4S.CH2O.Na/c13-9-1-5-11(6-2-9)17(15,16)12-7-3-10(14)4-8-12;1-2;/h1-8,13-14H;1H2;. The van der Waals surface area contributed by atoms with Crippen LogP contribution in [0, 0.1) is 0 Å². The van der Waals surface area contributed by atoms with Gasteiger partial charge in [0.05, 0.1) is 9.79 Å². The summed E-state index contributed by atoms with van der Waals surface area (Å²) >= 11 is 0. The number of carbonyl (C=O) groups excluding carboxylic acids is 1. The summed E-state index contributed by atoms with van der Waals surface area (Å²) in [5.74, 6) is 0.0179. The van der Waals surface area contributed by atoms with E-state index in [0.717, 1.165) is 0 Å². The van der Waals surface area contributed by atoms with Crippen molar-refractivity contribution >= 4 is 46.2 Å². The minimum absolute atomic E-state index is 0. The van der Waals surface area contributed by atoms with Gasteiger partial charge >= 0.3 is 0 Å². The summed E-state index contributed by atoms with van der Waals surface area (Å²) in [6.45, 7) is 2.00. The third-order valence-corrected chi connectivity index (χ3v) is 4.08. The molecule has 0 bridgehead atoms. The first-order chi connectivity index (χ1) is 9.00. The molecule has 0 aliphatic heterocycles. The maximum atomic E-state index is 12.1. The second-order valence-electron chi connectivity index (χ2n) is 3.49. The molecule has 101 valence electrons. The molecule has 0 atom stereocenters. The van der Waals surface area contributed by atoms with E-state index < -0.39 is 9.84 Å². The van der Waals surface area contributed by atoms with Crippen molar-refractivity contribution in [3.05, 3.63) is 48.5 Å². The van der Waals surface area contributed by atoms with Crippen LogP contribution in [0.1, 0.15) is 0 Å². The third kappa shape index (κ3) is 4.35. The van der Waals surface area contributed by atoms with E-state index in [1.54, 1.807) is 0 Å². The summed E-state index contributed by atoms with van der Waals surface area (Å²) in [6.07, 6.45) is 0. The molecule has 1 radical (unpaired) electrons. The van der Waals surface area contributed by atoms with Crippen molar-refractivity contribution in [3.63, 3.8) is 0 Å². The van der Waals surface area contributed by atoms with Crippen LogP contribution in [0.3, 0.4) is 0 Å². The maximum Gasteiger partial charge on any atom is 0.206 e. The van der Waals surface area contributed by atoms with Crippen LogP contribution in [-0.4, -0.2) is 55.0 Å². The van der Waals surface area contributed by atoms with Gasteiger partial charge in [-0.1, -0.05) is 0 Å². The second kappa shape index (κ2) is 8.06. The minimum Gasteiger partial charge on any atom is -0.508 e. The number of rotatable bonds is 2. The summed E-state index contributed by atoms with van der Waals surface area (Å²) in [5.41, 5.74) is 0. The van der Waals surface area contributed by atoms with Gasteiger partial charge in [-0.25, -0.2) is 8.42 Å². The summed E-state index contributed by atoms with van der Waals surface area (Å²) in [7, 11) is -3.59. The van der Waals surface area contributed by atoms with Gasteiger partial charge in [0.25, 0.3) is 0 Å². The monoisotopic (exact) mass is 303 g/mol. The summed E-state index contributed by atoms with van der Waals surface area (Å²) < 4.78 is 24.2. The predicted molar refractivity (Wildman–Crippen MR) is 74.5 cm³/mol. The van der Waals surface area contributed by atoms with Crippen molar-refractivity contribution in [2.75, 3.05) is 0 Å². The van der Waals surface area contributed by atoms with Gasteiger partial charge in [-0.15, -0.1) is 0 Å². The van der Waals surface area contributed by atoms with E-state index in [-0.39, 0.29) is 50.8 Å². The van der Waals surface area contributed by atoms with Crippen LogP contribution in [0.4, 0.5) is 0 Å². The zero-order valence-electron chi connectivity index (χ0n) is 10.9. The number of sulfone groups is 1. The van der Waals surface area contributed by atoms with E-state index in [1.807, 2.05) is 6.79 Å². The largest absolute Gasteiger partial charge is 0.508 e. The fourth-order valence-corrected chi connectivity index (χ4v) is 2.65. The van der Waals surface area contributed by atoms with Crippen molar-refractivity contribution in [2.45, 2.75) is 9.79 Å². The van der Waals surface area contributed by atoms with Crippen LogP contribution >= 0.6 is 0 Å². The van der Waals surface area contributed by atoms with Crippen molar-refractivity contribution < 1.29 is 23.4 Å². The van der Waals surface area contributed by atoms with E-state index in [0.29, 0.717) is 0 Å². The van der Waals surface area contributed by atoms with E-state index >= 15 is 0 Å². The molecule has 0 amide bonds. The molecule has 0 aliphatic carbocycles. The van der Waals surface area contributed by atoms with Crippen molar-refractivity contribution in [1.82, 2.24) is 0 Å². The number of phenols is 2. The molecular weight excluding hydrogens is 291 g/mol. The Bertz CT molecular complexity index is 584. The van der Waals surface area contributed by atoms with Crippen LogP contribution in [-0.2, 0) is 14.6 Å². The smallest absolute Gasteiger partial charge is 0.206 e. The minimum atomic E-state index is -3.59. The molecule has 20 heavy (non-hydrogen) atoms. The molecule has 0 unspecified atom stereocenters. The molecule has 0 aliphatic rings. The van der Waals surface area contributed by atoms with Gasteiger partial charge in [0.1, 0.15) is 18.3 Å². The maximum absolute atomic E-state index is 12.1. The molecule has 0 aromatic heterocycles. The van der Waals surface area contributed by atoms with Crippen molar-refractivity contribution in [2.24, 2.45) is 0 Å². The van der Waals surface area contributed by atoms with Crippen molar-refractivity contribution in [1.29, 1.82) is 0 Å². The van der Waals surface area contributed by atoms with Crippen LogP contribution in [0.5, 0.6) is 11.5 Å². The number of hydrogen-bond donors (Lipinski definition) is 2. The van der Waals surface area contributed by atoms with Gasteiger partial charge in [-0.2, -0.15) is 0 Å². The van der Waals surface area contributed by atoms with E-state index in [2.05, 4.69) is 0 Å². The summed E-state index contributed by atoms with van der Waals surface area (Å²) in [5, 5.41) is 18.2. The van der Waals surface area contributed by atoms with Crippen LogP contribution < -0.4 is 0 Å². The predicted octanol–water partition coefficient (Wildman–Crippen LogP) is 1.36. The van der Waals surface area contributed by atoms with Gasteiger partial charge in [0, 0.05) is 29.6 Å². The Kier molecular flexibility index (Phi) is 7.52. The number of benzene rings is 2. The molecule has 5 nitrogen and oxygen atoms in total. The Morgan fingerprint density at radius 1 is 0.700 bits per heavy atom. The molecular formula is C13H12NaO5S. The Morgan fingerprint density at radius 3 is 1.20 bits per heavy atom. The fourth-order valence-electron chi connectivity index (χ4n) is 1.39. The SMILES string of the molecule is C=O.O=S(=O)(c1ccc(O)cc1)c1ccc(O)cc1.[Na]. The first kappa shape index (κ1) is 18.7. The number of phenolic OH excluding ortho intramolecular Hbond substituents is 2. The molecule has 0 fully saturated rings. The summed E-state index contributed by atoms with van der Waals surface area (Å²) in [6, 6.07) is 10.6. The molecule has 7 heteroatoms. The molecule has 2 rings (SSSR count). The molecule has 2 aromatic carbocycles. The molecule has 0 saturated heterocycles. The van der Waals surface area contributed by atoms with Gasteiger partial charge in [-0.3, -0.25) is 0 Å². The molecule has 0 saturated carbocycles. The fraction of sp³-hybridized carbons (Fsp3) is 0. The van der Waals surface area contributed by atoms with E-state index in [1.165, 1.54) is 48.5 Å². The first-order valence-electron chi connectivity index (χ1n) is 5.12. The van der Waals surface area contributed by atoms with Crippen molar-refractivity contribution in [3.8, 4) is 11.5 Å².